The van der Waals surface area contributed by atoms with Crippen LogP contribution >= 0.6 is 23.7 Å². The van der Waals surface area contributed by atoms with E-state index in [0.29, 0.717) is 34.9 Å². The average molecular weight is 486 g/mol. The molecule has 31 heavy (non-hydrogen) atoms. The van der Waals surface area contributed by atoms with Gasteiger partial charge >= 0.3 is 10.2 Å². The molecular weight excluding hydrogens is 461 g/mol. The Labute approximate surface area is 183 Å². The van der Waals surface area contributed by atoms with E-state index in [1.165, 1.54) is 0 Å². The van der Waals surface area contributed by atoms with Crippen LogP contribution in [0.1, 0.15) is 25.1 Å². The summed E-state index contributed by atoms with van der Waals surface area (Å²) in [6, 6.07) is 2.28. The Morgan fingerprint density at radius 3 is 2.23 bits per heavy atom. The Balaban J connectivity index is 0.00000341. The summed E-state index contributed by atoms with van der Waals surface area (Å²) in [6.45, 7) is 5.55. The van der Waals surface area contributed by atoms with Crippen LogP contribution in [0.15, 0.2) is 29.2 Å². The van der Waals surface area contributed by atoms with Crippen molar-refractivity contribution in [3.63, 3.8) is 0 Å². The highest BCUT2D eigenvalue weighted by Gasteiger charge is 2.65. The van der Waals surface area contributed by atoms with Crippen molar-refractivity contribution in [3.05, 3.63) is 35.5 Å². The van der Waals surface area contributed by atoms with Crippen LogP contribution < -0.4 is 15.5 Å². The Morgan fingerprint density at radius 1 is 1.13 bits per heavy atom. The van der Waals surface area contributed by atoms with Crippen LogP contribution in [0.5, 0.6) is 0 Å². The molecular formula is C18H24F5N5OS2. The van der Waals surface area contributed by atoms with Gasteiger partial charge in [-0.25, -0.2) is 4.98 Å². The minimum atomic E-state index is -9.69. The third-order valence-electron chi connectivity index (χ3n) is 4.79. The maximum absolute atomic E-state index is 12.8. The van der Waals surface area contributed by atoms with E-state index in [-0.39, 0.29) is 37.8 Å². The van der Waals surface area contributed by atoms with E-state index in [0.717, 1.165) is 12.1 Å². The highest BCUT2D eigenvalue weighted by atomic mass is 32.5. The van der Waals surface area contributed by atoms with E-state index in [2.05, 4.69) is 20.6 Å². The van der Waals surface area contributed by atoms with Crippen molar-refractivity contribution in [2.75, 3.05) is 22.6 Å². The van der Waals surface area contributed by atoms with Crippen molar-refractivity contribution in [1.82, 2.24) is 9.97 Å². The van der Waals surface area contributed by atoms with E-state index >= 15 is 0 Å². The molecule has 0 saturated carbocycles. The number of hydrogen-bond acceptors (Lipinski definition) is 5. The van der Waals surface area contributed by atoms with E-state index in [9.17, 15) is 24.2 Å². The van der Waals surface area contributed by atoms with E-state index < -0.39 is 21.2 Å². The number of carbonyl (C=O) groups excluding carboxylic acids is 1. The van der Waals surface area contributed by atoms with Crippen molar-refractivity contribution in [3.8, 4) is 0 Å². The minimum absolute atomic E-state index is 0. The zero-order valence-electron chi connectivity index (χ0n) is 17.2. The number of fused-ring (bicyclic) bond motifs is 1. The molecule has 2 N–H and O–H groups in total. The molecule has 3 rings (SSSR count). The molecule has 0 fully saturated rings. The molecule has 1 aromatic heterocycles. The topological polar surface area (TPSA) is 70.1 Å². The van der Waals surface area contributed by atoms with Gasteiger partial charge in [-0.1, -0.05) is 45.4 Å². The third kappa shape index (κ3) is 5.32. The predicted molar refractivity (Wildman–Crippen MR) is 118 cm³/mol. The molecule has 6 nitrogen and oxygen atoms in total. The lowest BCUT2D eigenvalue weighted by Gasteiger charge is -2.40. The summed E-state index contributed by atoms with van der Waals surface area (Å²) < 4.78 is 64.1. The number of anilines is 3. The molecule has 0 spiro atoms. The monoisotopic (exact) mass is 485 g/mol. The SMILES string of the molecule is Cc1nc(NCc2ccc(S(F)(F)(F)(F)F)cc2)nc2c1NC(=O)[C@H](C(C)C)N2C.S. The number of rotatable bonds is 5. The van der Waals surface area contributed by atoms with Crippen LogP contribution in [-0.4, -0.2) is 29.0 Å². The van der Waals surface area contributed by atoms with Gasteiger partial charge in [0.25, 0.3) is 0 Å². The minimum Gasteiger partial charge on any atom is -0.350 e. The maximum Gasteiger partial charge on any atom is 0.310 e. The van der Waals surface area contributed by atoms with Crippen LogP contribution in [0.2, 0.25) is 0 Å². The molecule has 1 atom stereocenters. The van der Waals surface area contributed by atoms with E-state index in [4.69, 9.17) is 0 Å². The Hall–Kier alpha value is -2.28. The first-order chi connectivity index (χ1) is 13.6. The number of nitrogens with one attached hydrogen (secondary N) is 2. The Morgan fingerprint density at radius 2 is 1.71 bits per heavy atom. The number of hydrogen-bond donors (Lipinski definition) is 2. The van der Waals surface area contributed by atoms with Gasteiger partial charge in [0.15, 0.2) is 5.82 Å². The van der Waals surface area contributed by atoms with Gasteiger partial charge in [0.05, 0.1) is 5.69 Å². The van der Waals surface area contributed by atoms with Crippen molar-refractivity contribution in [1.29, 1.82) is 0 Å². The fourth-order valence-corrected chi connectivity index (χ4v) is 3.99. The lowest BCUT2D eigenvalue weighted by Crippen LogP contribution is -2.49. The van der Waals surface area contributed by atoms with Crippen molar-refractivity contribution in [2.45, 2.75) is 38.3 Å². The number of carbonyl (C=O) groups is 1. The molecule has 2 heterocycles. The third-order valence-corrected chi connectivity index (χ3v) is 5.95. The molecule has 1 aliphatic rings. The summed E-state index contributed by atoms with van der Waals surface area (Å²) in [4.78, 5) is 20.8. The standard InChI is InChI=1S/C18H22F5N5OS.H2S/c1-10(2)15-17(29)26-14-11(3)25-18(27-16(14)28(15)4)24-9-12-5-7-13(8-6-12)30(19,20,21,22)23;/h5-8,10,15H,9H2,1-4H3,(H,26,29)(H,24,25,27);1H2/t15-;/m0./s1. The molecule has 0 bridgehead atoms. The zero-order valence-corrected chi connectivity index (χ0v) is 19.0. The molecule has 1 amide bonds. The number of aryl methyl sites for hydroxylation is 1. The second kappa shape index (κ2) is 7.40. The number of amides is 1. The molecule has 0 aliphatic carbocycles. The molecule has 0 saturated heterocycles. The first-order valence-corrected chi connectivity index (χ1v) is 11.0. The van der Waals surface area contributed by atoms with E-state index in [1.807, 2.05) is 13.8 Å². The number of aromatic nitrogens is 2. The van der Waals surface area contributed by atoms with Crippen LogP contribution in [0, 0.1) is 12.8 Å². The van der Waals surface area contributed by atoms with Gasteiger partial charge in [0.2, 0.25) is 11.9 Å². The van der Waals surface area contributed by atoms with Gasteiger partial charge in [-0.2, -0.15) is 18.5 Å². The lowest BCUT2D eigenvalue weighted by atomic mass is 9.99. The van der Waals surface area contributed by atoms with Crippen LogP contribution in [0.25, 0.3) is 0 Å². The smallest absolute Gasteiger partial charge is 0.310 e. The number of benzene rings is 1. The molecule has 2 aromatic rings. The van der Waals surface area contributed by atoms with Crippen LogP contribution in [0.3, 0.4) is 0 Å². The number of nitrogens with zero attached hydrogens (tertiary/aromatic N) is 3. The summed E-state index contributed by atoms with van der Waals surface area (Å²) >= 11 is 0. The van der Waals surface area contributed by atoms with Gasteiger partial charge in [-0.15, -0.1) is 0 Å². The van der Waals surface area contributed by atoms with Gasteiger partial charge < -0.3 is 15.5 Å². The molecule has 1 aliphatic heterocycles. The highest BCUT2D eigenvalue weighted by Crippen LogP contribution is 3.02. The van der Waals surface area contributed by atoms with Crippen molar-refractivity contribution in [2.24, 2.45) is 5.92 Å². The average Bonchev–Trinajstić information content (AvgIpc) is 2.59. The summed E-state index contributed by atoms with van der Waals surface area (Å²) in [5, 5.41) is 5.70. The van der Waals surface area contributed by atoms with Crippen LogP contribution in [-0.2, 0) is 11.3 Å². The fraction of sp³-hybridized carbons (Fsp3) is 0.389. The van der Waals surface area contributed by atoms with E-state index in [1.54, 1.807) is 18.9 Å². The van der Waals surface area contributed by atoms with Crippen molar-refractivity contribution >= 4 is 47.1 Å². The normalized spacial score (nSPS) is 18.5. The van der Waals surface area contributed by atoms with Gasteiger partial charge in [0, 0.05) is 13.6 Å². The molecule has 13 heteroatoms. The maximum atomic E-state index is 12.8. The molecule has 0 radical (unpaired) electrons. The molecule has 1 aromatic carbocycles. The second-order valence-electron chi connectivity index (χ2n) is 7.59. The van der Waals surface area contributed by atoms with Crippen molar-refractivity contribution < 1.29 is 24.2 Å². The highest BCUT2D eigenvalue weighted by molar-refractivity contribution is 8.45. The quantitative estimate of drug-likeness (QED) is 0.541. The van der Waals surface area contributed by atoms with Crippen LogP contribution in [0.4, 0.5) is 36.9 Å². The summed E-state index contributed by atoms with van der Waals surface area (Å²) in [7, 11) is -7.94. The summed E-state index contributed by atoms with van der Waals surface area (Å²) in [6.07, 6.45) is 0. The van der Waals surface area contributed by atoms with Gasteiger partial charge in [-0.3, -0.25) is 4.79 Å². The second-order valence-corrected chi connectivity index (χ2v) is 10.00. The van der Waals surface area contributed by atoms with Gasteiger partial charge in [-0.05, 0) is 30.5 Å². The Kier molecular flexibility index (Phi) is 5.96. The number of halogens is 5. The largest absolute Gasteiger partial charge is 0.350 e. The van der Waals surface area contributed by atoms with Gasteiger partial charge in [0.1, 0.15) is 16.6 Å². The predicted octanol–water partition coefficient (Wildman–Crippen LogP) is 5.58. The summed E-state index contributed by atoms with van der Waals surface area (Å²) in [5.74, 6) is 0.590. The number of likely N-dealkylation sites (N-methyl/N-ethyl adjacent to an activating group) is 1. The molecule has 174 valence electrons. The zero-order chi connectivity index (χ0) is 22.5. The first-order valence-electron chi connectivity index (χ1n) is 9.06. The first kappa shape index (κ1) is 25.0. The fourth-order valence-electron chi connectivity index (χ4n) is 3.34. The Bertz CT molecular complexity index is 1000. The summed E-state index contributed by atoms with van der Waals surface area (Å²) in [5.41, 5.74) is 1.35. The molecule has 0 unspecified atom stereocenters. The lowest BCUT2D eigenvalue weighted by molar-refractivity contribution is -0.118.